The van der Waals surface area contributed by atoms with Crippen molar-refractivity contribution in [2.75, 3.05) is 26.1 Å². The zero-order valence-corrected chi connectivity index (χ0v) is 16.0. The number of oxime groups is 1. The summed E-state index contributed by atoms with van der Waals surface area (Å²) in [5.41, 5.74) is 2.15. The quantitative estimate of drug-likeness (QED) is 0.559. The number of methoxy groups -OCH3 is 2. The molecule has 2 rings (SSSR count). The van der Waals surface area contributed by atoms with Crippen LogP contribution in [0.3, 0.4) is 0 Å². The van der Waals surface area contributed by atoms with Crippen molar-refractivity contribution in [3.05, 3.63) is 51.5 Å². The second-order valence-electron chi connectivity index (χ2n) is 5.28. The van der Waals surface area contributed by atoms with Crippen molar-refractivity contribution >= 4 is 41.0 Å². The molecule has 1 N–H and O–H groups in total. The van der Waals surface area contributed by atoms with Crippen LogP contribution in [0.4, 0.5) is 5.69 Å². The minimum absolute atomic E-state index is 0.262. The molecule has 0 saturated heterocycles. The third-order valence-electron chi connectivity index (χ3n) is 3.33. The summed E-state index contributed by atoms with van der Waals surface area (Å²) >= 11 is 12.2. The monoisotopic (exact) mass is 396 g/mol. The molecule has 1 amide bonds. The van der Waals surface area contributed by atoms with Gasteiger partial charge in [-0.3, -0.25) is 4.79 Å². The minimum atomic E-state index is -0.377. The predicted octanol–water partition coefficient (Wildman–Crippen LogP) is 4.31. The Balaban J connectivity index is 1.92. The van der Waals surface area contributed by atoms with Crippen molar-refractivity contribution in [2.24, 2.45) is 5.16 Å². The number of nitrogens with zero attached hydrogens (tertiary/aromatic N) is 1. The summed E-state index contributed by atoms with van der Waals surface area (Å²) in [5, 5.41) is 7.24. The van der Waals surface area contributed by atoms with Crippen molar-refractivity contribution in [1.82, 2.24) is 0 Å². The topological polar surface area (TPSA) is 69.2 Å². The molecule has 0 atom stereocenters. The molecular weight excluding hydrogens is 379 g/mol. The lowest BCUT2D eigenvalue weighted by Gasteiger charge is -2.10. The average molecular weight is 397 g/mol. The van der Waals surface area contributed by atoms with Crippen LogP contribution in [0.2, 0.25) is 10.0 Å². The van der Waals surface area contributed by atoms with Crippen molar-refractivity contribution in [2.45, 2.75) is 6.92 Å². The van der Waals surface area contributed by atoms with E-state index in [9.17, 15) is 4.79 Å². The van der Waals surface area contributed by atoms with Gasteiger partial charge < -0.3 is 19.6 Å². The molecule has 0 aliphatic rings. The number of halogens is 2. The Hall–Kier alpha value is -2.44. The smallest absolute Gasteiger partial charge is 0.265 e. The summed E-state index contributed by atoms with van der Waals surface area (Å²) in [6.07, 6.45) is 1.42. The van der Waals surface area contributed by atoms with E-state index < -0.39 is 0 Å². The predicted molar refractivity (Wildman–Crippen MR) is 103 cm³/mol. The van der Waals surface area contributed by atoms with Gasteiger partial charge in [-0.05, 0) is 36.8 Å². The summed E-state index contributed by atoms with van der Waals surface area (Å²) in [5.74, 6) is 0.521. The number of carbonyl (C=O) groups is 1. The minimum Gasteiger partial charge on any atom is -0.493 e. The van der Waals surface area contributed by atoms with Crippen LogP contribution in [0.1, 0.15) is 11.1 Å². The fourth-order valence-electron chi connectivity index (χ4n) is 2.11. The van der Waals surface area contributed by atoms with Crippen LogP contribution < -0.4 is 14.8 Å². The van der Waals surface area contributed by atoms with Gasteiger partial charge in [-0.2, -0.15) is 0 Å². The maximum absolute atomic E-state index is 11.9. The summed E-state index contributed by atoms with van der Waals surface area (Å²) in [7, 11) is 3.01. The van der Waals surface area contributed by atoms with Gasteiger partial charge in [-0.25, -0.2) is 0 Å². The van der Waals surface area contributed by atoms with Crippen LogP contribution in [-0.2, 0) is 9.63 Å². The van der Waals surface area contributed by atoms with E-state index in [1.807, 2.05) is 13.0 Å². The molecule has 0 fully saturated rings. The molecule has 26 heavy (non-hydrogen) atoms. The van der Waals surface area contributed by atoms with Crippen LogP contribution in [0, 0.1) is 6.92 Å². The lowest BCUT2D eigenvalue weighted by atomic mass is 10.2. The van der Waals surface area contributed by atoms with Crippen LogP contribution in [0.25, 0.3) is 0 Å². The first-order chi connectivity index (χ1) is 12.4. The van der Waals surface area contributed by atoms with E-state index in [2.05, 4.69) is 10.5 Å². The highest BCUT2D eigenvalue weighted by Gasteiger charge is 2.10. The molecule has 8 heteroatoms. The molecule has 2 aromatic carbocycles. The molecule has 0 aliphatic carbocycles. The molecular formula is C18H18Cl2N2O4. The van der Waals surface area contributed by atoms with E-state index in [1.54, 1.807) is 24.3 Å². The second kappa shape index (κ2) is 9.31. The maximum atomic E-state index is 11.9. The SMILES string of the molecule is COc1cc(/C=N\OCC(=O)Nc2ccc(C)cc2Cl)cc(Cl)c1OC. The molecule has 138 valence electrons. The molecule has 0 saturated carbocycles. The number of hydrogen-bond donors (Lipinski definition) is 1. The molecule has 0 heterocycles. The zero-order valence-electron chi connectivity index (χ0n) is 14.5. The molecule has 0 unspecified atom stereocenters. The van der Waals surface area contributed by atoms with Gasteiger partial charge in [0.1, 0.15) is 0 Å². The van der Waals surface area contributed by atoms with E-state index >= 15 is 0 Å². The van der Waals surface area contributed by atoms with Crippen molar-refractivity contribution in [3.8, 4) is 11.5 Å². The fourth-order valence-corrected chi connectivity index (χ4v) is 2.69. The van der Waals surface area contributed by atoms with E-state index in [0.717, 1.165) is 5.56 Å². The number of anilines is 1. The van der Waals surface area contributed by atoms with Gasteiger partial charge >= 0.3 is 0 Å². The Morgan fingerprint density at radius 1 is 1.15 bits per heavy atom. The van der Waals surface area contributed by atoms with Crippen LogP contribution in [0.5, 0.6) is 11.5 Å². The first-order valence-electron chi connectivity index (χ1n) is 7.57. The number of benzene rings is 2. The normalized spacial score (nSPS) is 10.7. The van der Waals surface area contributed by atoms with Gasteiger partial charge in [-0.1, -0.05) is 34.4 Å². The van der Waals surface area contributed by atoms with Crippen molar-refractivity contribution in [3.63, 3.8) is 0 Å². The highest BCUT2D eigenvalue weighted by molar-refractivity contribution is 6.33. The number of hydrogen-bond acceptors (Lipinski definition) is 5. The number of rotatable bonds is 7. The van der Waals surface area contributed by atoms with E-state index in [-0.39, 0.29) is 12.5 Å². The van der Waals surface area contributed by atoms with Gasteiger partial charge in [0, 0.05) is 5.56 Å². The maximum Gasteiger partial charge on any atom is 0.265 e. The average Bonchev–Trinajstić information content (AvgIpc) is 2.60. The summed E-state index contributed by atoms with van der Waals surface area (Å²) in [6, 6.07) is 8.66. The molecule has 6 nitrogen and oxygen atoms in total. The summed E-state index contributed by atoms with van der Waals surface area (Å²) in [6.45, 7) is 1.65. The standard InChI is InChI=1S/C18H18Cl2N2O4/c1-11-4-5-15(13(19)6-11)22-17(23)10-26-21-9-12-7-14(20)18(25-3)16(8-12)24-2/h4-9H,10H2,1-3H3,(H,22,23)/b21-9-. The molecule has 2 aromatic rings. The molecule has 0 radical (unpaired) electrons. The first-order valence-corrected chi connectivity index (χ1v) is 8.33. The highest BCUT2D eigenvalue weighted by atomic mass is 35.5. The number of aryl methyl sites for hydroxylation is 1. The zero-order chi connectivity index (χ0) is 19.1. The Kier molecular flexibility index (Phi) is 7.12. The van der Waals surface area contributed by atoms with Gasteiger partial charge in [0.05, 0.1) is 36.2 Å². The molecule has 0 spiro atoms. The summed E-state index contributed by atoms with van der Waals surface area (Å²) < 4.78 is 10.4. The van der Waals surface area contributed by atoms with Gasteiger partial charge in [0.2, 0.25) is 0 Å². The Labute approximate surface area is 161 Å². The number of nitrogens with one attached hydrogen (secondary N) is 1. The number of ether oxygens (including phenoxy) is 2. The molecule has 0 bridgehead atoms. The Morgan fingerprint density at radius 2 is 1.92 bits per heavy atom. The van der Waals surface area contributed by atoms with Crippen molar-refractivity contribution in [1.29, 1.82) is 0 Å². The lowest BCUT2D eigenvalue weighted by molar-refractivity contribution is -0.120. The third-order valence-corrected chi connectivity index (χ3v) is 3.92. The van der Waals surface area contributed by atoms with Gasteiger partial charge in [0.15, 0.2) is 18.1 Å². The van der Waals surface area contributed by atoms with Gasteiger partial charge in [0.25, 0.3) is 5.91 Å². The Bertz CT molecular complexity index is 825. The largest absolute Gasteiger partial charge is 0.493 e. The fraction of sp³-hybridized carbons (Fsp3) is 0.222. The molecule has 0 aromatic heterocycles. The number of carbonyl (C=O) groups excluding carboxylic acids is 1. The Morgan fingerprint density at radius 3 is 2.58 bits per heavy atom. The van der Waals surface area contributed by atoms with Crippen LogP contribution in [0.15, 0.2) is 35.5 Å². The highest BCUT2D eigenvalue weighted by Crippen LogP contribution is 2.35. The van der Waals surface area contributed by atoms with Crippen LogP contribution >= 0.6 is 23.2 Å². The van der Waals surface area contributed by atoms with E-state index in [0.29, 0.717) is 32.8 Å². The van der Waals surface area contributed by atoms with E-state index in [4.69, 9.17) is 37.5 Å². The number of amides is 1. The molecule has 0 aliphatic heterocycles. The van der Waals surface area contributed by atoms with E-state index in [1.165, 1.54) is 20.4 Å². The van der Waals surface area contributed by atoms with Crippen LogP contribution in [-0.4, -0.2) is 32.9 Å². The second-order valence-corrected chi connectivity index (χ2v) is 6.09. The first kappa shape index (κ1) is 19.9. The van der Waals surface area contributed by atoms with Crippen molar-refractivity contribution < 1.29 is 19.1 Å². The van der Waals surface area contributed by atoms with Gasteiger partial charge in [-0.15, -0.1) is 0 Å². The lowest BCUT2D eigenvalue weighted by Crippen LogP contribution is -2.17. The third kappa shape index (κ3) is 5.28. The summed E-state index contributed by atoms with van der Waals surface area (Å²) in [4.78, 5) is 16.9.